The molecule has 5 heteroatoms. The minimum Gasteiger partial charge on any atom is -0.381 e. The number of thioether (sulfide) groups is 1. The fourth-order valence-electron chi connectivity index (χ4n) is 1.57. The van der Waals surface area contributed by atoms with Crippen molar-refractivity contribution in [3.63, 3.8) is 0 Å². The third-order valence-corrected chi connectivity index (χ3v) is 3.11. The van der Waals surface area contributed by atoms with E-state index in [9.17, 15) is 0 Å². The van der Waals surface area contributed by atoms with Gasteiger partial charge in [0.05, 0.1) is 11.0 Å². The molecule has 0 aliphatic carbocycles. The van der Waals surface area contributed by atoms with E-state index in [1.54, 1.807) is 0 Å². The Hall–Kier alpha value is -1.49. The van der Waals surface area contributed by atoms with E-state index in [2.05, 4.69) is 21.5 Å². The van der Waals surface area contributed by atoms with Gasteiger partial charge >= 0.3 is 0 Å². The Bertz CT molecular complexity index is 501. The van der Waals surface area contributed by atoms with Crippen LogP contribution in [0.3, 0.4) is 0 Å². The summed E-state index contributed by atoms with van der Waals surface area (Å²) in [6.45, 7) is 0.873. The van der Waals surface area contributed by atoms with Crippen LogP contribution in [-0.4, -0.2) is 28.5 Å². The Morgan fingerprint density at radius 1 is 1.24 bits per heavy atom. The summed E-state index contributed by atoms with van der Waals surface area (Å²) in [6.07, 6.45) is 3.19. The van der Waals surface area contributed by atoms with Crippen molar-refractivity contribution in [1.29, 1.82) is 0 Å². The Morgan fingerprint density at radius 2 is 1.94 bits per heavy atom. The fraction of sp³-hybridized carbons (Fsp3) is 0.333. The van der Waals surface area contributed by atoms with E-state index >= 15 is 0 Å². The third kappa shape index (κ3) is 3.00. The van der Waals surface area contributed by atoms with Crippen LogP contribution in [0, 0.1) is 0 Å². The number of fused-ring (bicyclic) bond motifs is 1. The Kier molecular flexibility index (Phi) is 4.03. The number of rotatable bonds is 5. The van der Waals surface area contributed by atoms with Crippen LogP contribution >= 0.6 is 11.8 Å². The molecule has 4 nitrogen and oxygen atoms in total. The highest BCUT2D eigenvalue weighted by atomic mass is 32.2. The van der Waals surface area contributed by atoms with Crippen molar-refractivity contribution in [3.05, 3.63) is 24.3 Å². The Labute approximate surface area is 105 Å². The number of hydrogen-bond acceptors (Lipinski definition) is 5. The number of aromatic nitrogens is 2. The lowest BCUT2D eigenvalue weighted by molar-refractivity contribution is 0.983. The summed E-state index contributed by atoms with van der Waals surface area (Å²) in [4.78, 5) is 8.79. The number of para-hydroxylation sites is 2. The number of hydrogen-bond donors (Lipinski definition) is 2. The lowest BCUT2D eigenvalue weighted by Gasteiger charge is -2.08. The van der Waals surface area contributed by atoms with E-state index < -0.39 is 0 Å². The van der Waals surface area contributed by atoms with Crippen molar-refractivity contribution in [1.82, 2.24) is 9.97 Å². The number of anilines is 2. The van der Waals surface area contributed by atoms with E-state index in [0.29, 0.717) is 11.6 Å². The van der Waals surface area contributed by atoms with Gasteiger partial charge in [-0.3, -0.25) is 0 Å². The number of nitrogen functional groups attached to an aromatic ring is 1. The van der Waals surface area contributed by atoms with Gasteiger partial charge < -0.3 is 11.1 Å². The van der Waals surface area contributed by atoms with Crippen LogP contribution in [0.4, 0.5) is 11.6 Å². The van der Waals surface area contributed by atoms with Gasteiger partial charge in [-0.2, -0.15) is 11.8 Å². The molecule has 1 aromatic heterocycles. The van der Waals surface area contributed by atoms with Gasteiger partial charge in [0.15, 0.2) is 11.6 Å². The lowest BCUT2D eigenvalue weighted by atomic mass is 10.3. The van der Waals surface area contributed by atoms with E-state index in [-0.39, 0.29) is 0 Å². The molecular formula is C12H16N4S. The number of nitrogens with zero attached hydrogens (tertiary/aromatic N) is 2. The van der Waals surface area contributed by atoms with Gasteiger partial charge in [-0.05, 0) is 30.6 Å². The number of nitrogens with one attached hydrogen (secondary N) is 1. The predicted octanol–water partition coefficient (Wildman–Crippen LogP) is 2.38. The molecule has 3 N–H and O–H groups in total. The molecule has 0 saturated carbocycles. The van der Waals surface area contributed by atoms with Crippen molar-refractivity contribution in [2.24, 2.45) is 0 Å². The van der Waals surface area contributed by atoms with Gasteiger partial charge in [0.1, 0.15) is 0 Å². The van der Waals surface area contributed by atoms with Crippen molar-refractivity contribution in [3.8, 4) is 0 Å². The highest BCUT2D eigenvalue weighted by Crippen LogP contribution is 2.18. The summed E-state index contributed by atoms with van der Waals surface area (Å²) >= 11 is 1.84. The molecule has 0 fully saturated rings. The zero-order chi connectivity index (χ0) is 12.1. The summed E-state index contributed by atoms with van der Waals surface area (Å²) in [5.74, 6) is 2.28. The molecule has 0 unspecified atom stereocenters. The smallest absolute Gasteiger partial charge is 0.169 e. The molecule has 0 aliphatic heterocycles. The average molecular weight is 248 g/mol. The van der Waals surface area contributed by atoms with Crippen LogP contribution in [0.15, 0.2) is 24.3 Å². The lowest BCUT2D eigenvalue weighted by Crippen LogP contribution is -2.08. The van der Waals surface area contributed by atoms with Gasteiger partial charge in [0, 0.05) is 6.54 Å². The highest BCUT2D eigenvalue weighted by molar-refractivity contribution is 7.98. The molecule has 90 valence electrons. The van der Waals surface area contributed by atoms with Crippen LogP contribution in [-0.2, 0) is 0 Å². The van der Waals surface area contributed by atoms with Gasteiger partial charge in [-0.15, -0.1) is 0 Å². The Balaban J connectivity index is 2.14. The van der Waals surface area contributed by atoms with Crippen LogP contribution < -0.4 is 11.1 Å². The first kappa shape index (κ1) is 12.0. The topological polar surface area (TPSA) is 63.8 Å². The van der Waals surface area contributed by atoms with Gasteiger partial charge in [0.25, 0.3) is 0 Å². The van der Waals surface area contributed by atoms with Gasteiger partial charge in [0.2, 0.25) is 0 Å². The minimum absolute atomic E-state index is 0.466. The fourth-order valence-corrected chi connectivity index (χ4v) is 2.00. The monoisotopic (exact) mass is 248 g/mol. The molecule has 0 saturated heterocycles. The molecule has 0 bridgehead atoms. The third-order valence-electron chi connectivity index (χ3n) is 2.42. The summed E-state index contributed by atoms with van der Waals surface area (Å²) in [5, 5.41) is 3.23. The van der Waals surface area contributed by atoms with Gasteiger partial charge in [-0.25, -0.2) is 9.97 Å². The zero-order valence-corrected chi connectivity index (χ0v) is 10.6. The van der Waals surface area contributed by atoms with E-state index in [1.165, 1.54) is 0 Å². The van der Waals surface area contributed by atoms with Crippen LogP contribution in [0.2, 0.25) is 0 Å². The molecule has 1 heterocycles. The molecule has 0 aliphatic rings. The van der Waals surface area contributed by atoms with E-state index in [0.717, 1.165) is 29.8 Å². The summed E-state index contributed by atoms with van der Waals surface area (Å²) in [7, 11) is 0. The number of benzene rings is 1. The first-order chi connectivity index (χ1) is 8.31. The molecule has 0 amide bonds. The molecule has 2 rings (SSSR count). The minimum atomic E-state index is 0.466. The molecular weight excluding hydrogens is 232 g/mol. The molecule has 2 aromatic rings. The van der Waals surface area contributed by atoms with Gasteiger partial charge in [-0.1, -0.05) is 12.1 Å². The molecule has 0 radical (unpaired) electrons. The maximum Gasteiger partial charge on any atom is 0.169 e. The maximum absolute atomic E-state index is 5.86. The SMILES string of the molecule is CSCCCNc1nc2ccccc2nc1N. The van der Waals surface area contributed by atoms with Crippen molar-refractivity contribution >= 4 is 34.4 Å². The molecule has 1 aromatic carbocycles. The molecule has 0 atom stereocenters. The normalized spacial score (nSPS) is 10.6. The summed E-state index contributed by atoms with van der Waals surface area (Å²) in [6, 6.07) is 7.73. The molecule has 17 heavy (non-hydrogen) atoms. The van der Waals surface area contributed by atoms with Crippen LogP contribution in [0.5, 0.6) is 0 Å². The summed E-state index contributed by atoms with van der Waals surface area (Å²) in [5.41, 5.74) is 7.56. The van der Waals surface area contributed by atoms with Crippen molar-refractivity contribution < 1.29 is 0 Å². The van der Waals surface area contributed by atoms with Crippen molar-refractivity contribution in [2.45, 2.75) is 6.42 Å². The zero-order valence-electron chi connectivity index (χ0n) is 9.81. The molecule has 0 spiro atoms. The summed E-state index contributed by atoms with van der Waals surface area (Å²) < 4.78 is 0. The standard InChI is InChI=1S/C12H16N4S/c1-17-8-4-7-14-12-11(13)15-9-5-2-3-6-10(9)16-12/h2-3,5-6H,4,7-8H2,1H3,(H2,13,15)(H,14,16). The quantitative estimate of drug-likeness (QED) is 0.795. The Morgan fingerprint density at radius 3 is 2.65 bits per heavy atom. The second-order valence-electron chi connectivity index (χ2n) is 3.72. The largest absolute Gasteiger partial charge is 0.381 e. The second-order valence-corrected chi connectivity index (χ2v) is 4.70. The average Bonchev–Trinajstić information content (AvgIpc) is 2.35. The highest BCUT2D eigenvalue weighted by Gasteiger charge is 2.04. The van der Waals surface area contributed by atoms with Crippen LogP contribution in [0.25, 0.3) is 11.0 Å². The van der Waals surface area contributed by atoms with E-state index in [1.807, 2.05) is 36.0 Å². The van der Waals surface area contributed by atoms with E-state index in [4.69, 9.17) is 5.73 Å². The number of nitrogens with two attached hydrogens (primary N) is 1. The maximum atomic E-state index is 5.86. The first-order valence-corrected chi connectivity index (χ1v) is 6.95. The van der Waals surface area contributed by atoms with Crippen molar-refractivity contribution in [2.75, 3.05) is 29.6 Å². The van der Waals surface area contributed by atoms with Crippen LogP contribution in [0.1, 0.15) is 6.42 Å². The first-order valence-electron chi connectivity index (χ1n) is 5.56. The second kappa shape index (κ2) is 5.72. The predicted molar refractivity (Wildman–Crippen MR) is 75.4 cm³/mol.